The van der Waals surface area contributed by atoms with E-state index < -0.39 is 0 Å². The molecule has 172 valence electrons. The molecule has 0 spiro atoms. The molecule has 4 aromatic rings. The van der Waals surface area contributed by atoms with Gasteiger partial charge in [0.15, 0.2) is 0 Å². The third-order valence-corrected chi connectivity index (χ3v) is 6.48. The molecule has 0 heterocycles. The topological polar surface area (TPSA) is 23.8 Å². The number of aryl methyl sites for hydroxylation is 5. The summed E-state index contributed by atoms with van der Waals surface area (Å²) in [5.41, 5.74) is 5.26. The minimum absolute atomic E-state index is 0.132. The van der Waals surface area contributed by atoms with E-state index >= 15 is 4.39 Å². The number of hydrogen-bond donors (Lipinski definition) is 0. The van der Waals surface area contributed by atoms with Gasteiger partial charge in [0.2, 0.25) is 0 Å². The fourth-order valence-corrected chi connectivity index (χ4v) is 4.37. The van der Waals surface area contributed by atoms with E-state index in [9.17, 15) is 4.39 Å². The van der Waals surface area contributed by atoms with Gasteiger partial charge < -0.3 is 0 Å². The Bertz CT molecular complexity index is 1320. The number of fused-ring (bicyclic) bond motifs is 1. The Morgan fingerprint density at radius 2 is 1.32 bits per heavy atom. The minimum atomic E-state index is -0.175. The fraction of sp³-hybridized carbons (Fsp3) is 0.258. The van der Waals surface area contributed by atoms with E-state index in [-0.39, 0.29) is 11.6 Å². The summed E-state index contributed by atoms with van der Waals surface area (Å²) in [4.78, 5) is 0. The molecular weight excluding hydrogens is 424 g/mol. The third kappa shape index (κ3) is 5.69. The predicted octanol–water partition coefficient (Wildman–Crippen LogP) is 7.90. The molecule has 0 saturated heterocycles. The Kier molecular flexibility index (Phi) is 7.70. The van der Waals surface area contributed by atoms with Gasteiger partial charge in [-0.25, -0.2) is 8.78 Å². The number of halogens is 2. The second-order valence-corrected chi connectivity index (χ2v) is 8.93. The van der Waals surface area contributed by atoms with Crippen LogP contribution in [0.4, 0.5) is 8.78 Å². The molecule has 0 unspecified atom stereocenters. The zero-order valence-corrected chi connectivity index (χ0v) is 19.6. The van der Waals surface area contributed by atoms with Crippen LogP contribution < -0.4 is 0 Å². The molecule has 0 N–H and O–H groups in total. The summed E-state index contributed by atoms with van der Waals surface area (Å²) >= 11 is 0. The highest BCUT2D eigenvalue weighted by atomic mass is 19.1. The number of rotatable bonds is 9. The van der Waals surface area contributed by atoms with Gasteiger partial charge in [0.05, 0.1) is 11.6 Å². The zero-order chi connectivity index (χ0) is 23.9. The van der Waals surface area contributed by atoms with Crippen LogP contribution in [0.15, 0.2) is 72.8 Å². The van der Waals surface area contributed by atoms with Crippen molar-refractivity contribution >= 4 is 10.8 Å². The van der Waals surface area contributed by atoms with Crippen molar-refractivity contribution in [3.8, 4) is 6.07 Å². The van der Waals surface area contributed by atoms with Crippen molar-refractivity contribution in [1.82, 2.24) is 0 Å². The normalized spacial score (nSPS) is 11.0. The van der Waals surface area contributed by atoms with Crippen LogP contribution in [0.1, 0.15) is 53.1 Å². The van der Waals surface area contributed by atoms with Gasteiger partial charge in [0.1, 0.15) is 11.6 Å². The van der Waals surface area contributed by atoms with Gasteiger partial charge in [-0.05, 0) is 89.9 Å². The van der Waals surface area contributed by atoms with Crippen LogP contribution in [0.3, 0.4) is 0 Å². The molecule has 0 fully saturated rings. The molecule has 0 atom stereocenters. The van der Waals surface area contributed by atoms with Crippen molar-refractivity contribution in [1.29, 1.82) is 5.26 Å². The first-order valence-electron chi connectivity index (χ1n) is 12.0. The van der Waals surface area contributed by atoms with Gasteiger partial charge in [-0.3, -0.25) is 0 Å². The summed E-state index contributed by atoms with van der Waals surface area (Å²) in [6.45, 7) is 2.14. The van der Waals surface area contributed by atoms with Crippen LogP contribution in [0.2, 0.25) is 0 Å². The maximum Gasteiger partial charge on any atom is 0.134 e. The molecule has 0 aromatic heterocycles. The molecule has 3 heteroatoms. The van der Waals surface area contributed by atoms with E-state index in [1.807, 2.05) is 54.6 Å². The first-order chi connectivity index (χ1) is 16.6. The van der Waals surface area contributed by atoms with Crippen LogP contribution in [0.5, 0.6) is 0 Å². The van der Waals surface area contributed by atoms with Crippen molar-refractivity contribution in [2.45, 2.75) is 51.9 Å². The van der Waals surface area contributed by atoms with Gasteiger partial charge in [0.25, 0.3) is 0 Å². The monoisotopic (exact) mass is 453 g/mol. The van der Waals surface area contributed by atoms with Crippen molar-refractivity contribution in [3.63, 3.8) is 0 Å². The highest BCUT2D eigenvalue weighted by molar-refractivity contribution is 5.84. The highest BCUT2D eigenvalue weighted by Crippen LogP contribution is 2.25. The second-order valence-electron chi connectivity index (χ2n) is 8.93. The molecule has 0 radical (unpaired) electrons. The zero-order valence-electron chi connectivity index (χ0n) is 19.6. The van der Waals surface area contributed by atoms with Crippen molar-refractivity contribution in [2.75, 3.05) is 0 Å². The van der Waals surface area contributed by atoms with Crippen LogP contribution >= 0.6 is 0 Å². The lowest BCUT2D eigenvalue weighted by atomic mass is 9.96. The smallest absolute Gasteiger partial charge is 0.134 e. The lowest BCUT2D eigenvalue weighted by molar-refractivity contribution is 0.605. The van der Waals surface area contributed by atoms with E-state index in [0.29, 0.717) is 35.8 Å². The summed E-state index contributed by atoms with van der Waals surface area (Å²) in [6, 6.07) is 24.8. The van der Waals surface area contributed by atoms with E-state index in [1.54, 1.807) is 18.2 Å². The van der Waals surface area contributed by atoms with Crippen LogP contribution in [-0.2, 0) is 32.1 Å². The Morgan fingerprint density at radius 3 is 2.06 bits per heavy atom. The molecule has 4 rings (SSSR count). The molecule has 4 aromatic carbocycles. The van der Waals surface area contributed by atoms with E-state index in [2.05, 4.69) is 13.0 Å². The van der Waals surface area contributed by atoms with Gasteiger partial charge in [-0.1, -0.05) is 67.9 Å². The summed E-state index contributed by atoms with van der Waals surface area (Å²) in [5, 5.41) is 10.4. The maximum absolute atomic E-state index is 15.2. The highest BCUT2D eigenvalue weighted by Gasteiger charge is 2.10. The number of nitrogens with zero attached hydrogens (tertiary/aromatic N) is 1. The lowest BCUT2D eigenvalue weighted by Crippen LogP contribution is -1.98. The molecule has 0 aliphatic heterocycles. The summed E-state index contributed by atoms with van der Waals surface area (Å²) in [5.74, 6) is -0.307. The summed E-state index contributed by atoms with van der Waals surface area (Å²) in [7, 11) is 0. The predicted molar refractivity (Wildman–Crippen MR) is 135 cm³/mol. The number of unbranched alkanes of at least 4 members (excludes halogenated alkanes) is 1. The average Bonchev–Trinajstić information content (AvgIpc) is 2.86. The molecule has 0 bridgehead atoms. The SMILES string of the molecule is CCCCc1ccc(CCc2ccc3c(F)c(CCc4ccc(C#N)cc4)ccc3c2)c(F)c1. The Labute approximate surface area is 200 Å². The Hall–Kier alpha value is -3.51. The fourth-order valence-electron chi connectivity index (χ4n) is 4.37. The number of hydrogen-bond acceptors (Lipinski definition) is 1. The number of nitriles is 1. The molecule has 34 heavy (non-hydrogen) atoms. The van der Waals surface area contributed by atoms with Crippen molar-refractivity contribution in [3.05, 3.63) is 118 Å². The molecular formula is C31H29F2N. The van der Waals surface area contributed by atoms with Crippen LogP contribution in [-0.4, -0.2) is 0 Å². The van der Waals surface area contributed by atoms with Gasteiger partial charge >= 0.3 is 0 Å². The summed E-state index contributed by atoms with van der Waals surface area (Å²) < 4.78 is 29.7. The molecule has 0 aliphatic carbocycles. The standard InChI is InChI=1S/C31H29F2N/c1-2-3-4-23-10-13-26(30(32)20-23)14-11-24-12-18-29-28(19-24)17-16-27(31(29)33)15-9-22-5-7-25(21-34)8-6-22/h5-8,10,12-13,16-20H,2-4,9,11,14-15H2,1H3. The van der Waals surface area contributed by atoms with Gasteiger partial charge in [0, 0.05) is 5.39 Å². The molecule has 0 amide bonds. The third-order valence-electron chi connectivity index (χ3n) is 6.48. The van der Waals surface area contributed by atoms with E-state index in [4.69, 9.17) is 5.26 Å². The second kappa shape index (κ2) is 11.1. The van der Waals surface area contributed by atoms with Crippen molar-refractivity contribution in [2.24, 2.45) is 0 Å². The van der Waals surface area contributed by atoms with E-state index in [1.165, 1.54) is 0 Å². The largest absolute Gasteiger partial charge is 0.207 e. The van der Waals surface area contributed by atoms with Crippen LogP contribution in [0.25, 0.3) is 10.8 Å². The maximum atomic E-state index is 15.2. The van der Waals surface area contributed by atoms with E-state index in [0.717, 1.165) is 53.3 Å². The molecule has 0 aliphatic rings. The molecule has 0 saturated carbocycles. The quantitative estimate of drug-likeness (QED) is 0.253. The van der Waals surface area contributed by atoms with Crippen molar-refractivity contribution < 1.29 is 8.78 Å². The first kappa shape index (κ1) is 23.6. The molecule has 1 nitrogen and oxygen atoms in total. The Balaban J connectivity index is 1.42. The number of benzene rings is 4. The van der Waals surface area contributed by atoms with Gasteiger partial charge in [-0.2, -0.15) is 5.26 Å². The van der Waals surface area contributed by atoms with Gasteiger partial charge in [-0.15, -0.1) is 0 Å². The Morgan fingerprint density at radius 1 is 0.676 bits per heavy atom. The summed E-state index contributed by atoms with van der Waals surface area (Å²) in [6.07, 6.45) is 5.74. The average molecular weight is 454 g/mol. The minimum Gasteiger partial charge on any atom is -0.207 e. The first-order valence-corrected chi connectivity index (χ1v) is 12.0. The lowest BCUT2D eigenvalue weighted by Gasteiger charge is -2.10. The van der Waals surface area contributed by atoms with Crippen LogP contribution in [0, 0.1) is 23.0 Å².